The van der Waals surface area contributed by atoms with E-state index in [9.17, 15) is 4.79 Å². The summed E-state index contributed by atoms with van der Waals surface area (Å²) in [6, 6.07) is 0. The van der Waals surface area contributed by atoms with Crippen LogP contribution in [-0.4, -0.2) is 18.6 Å². The maximum atomic E-state index is 11.0. The summed E-state index contributed by atoms with van der Waals surface area (Å²) < 4.78 is 0. The molecule has 4 nitrogen and oxygen atoms in total. The van der Waals surface area contributed by atoms with Gasteiger partial charge in [0.1, 0.15) is 0 Å². The fourth-order valence-electron chi connectivity index (χ4n) is 0.625. The van der Waals surface area contributed by atoms with Crippen LogP contribution in [0.4, 0.5) is 0 Å². The second-order valence-corrected chi connectivity index (χ2v) is 2.42. The first kappa shape index (κ1) is 10.1. The average molecular weight is 157 g/mol. The smallest absolute Gasteiger partial charge is 0.258 e. The lowest BCUT2D eigenvalue weighted by molar-refractivity contribution is -0.124. The summed E-state index contributed by atoms with van der Waals surface area (Å²) in [6.45, 7) is 3.50. The Morgan fingerprint density at radius 1 is 1.55 bits per heavy atom. The number of hydrogen-bond acceptors (Lipinski definition) is 3. The number of amides is 1. The number of nitrogens with one attached hydrogen (secondary N) is 1. The minimum atomic E-state index is -1.37. The average Bonchev–Trinajstić information content (AvgIpc) is 2.01. The summed E-state index contributed by atoms with van der Waals surface area (Å²) in [5, 5.41) is 2.39. The summed E-state index contributed by atoms with van der Waals surface area (Å²) >= 11 is 0. The zero-order chi connectivity index (χ0) is 9.07. The lowest BCUT2D eigenvalue weighted by Crippen LogP contribution is -2.61. The van der Waals surface area contributed by atoms with Crippen molar-refractivity contribution in [2.45, 2.75) is 19.5 Å². The fourth-order valence-corrected chi connectivity index (χ4v) is 0.625. The van der Waals surface area contributed by atoms with Gasteiger partial charge < -0.3 is 16.8 Å². The number of nitrogens with two attached hydrogens (primary N) is 2. The second kappa shape index (κ2) is 3.50. The van der Waals surface area contributed by atoms with Gasteiger partial charge in [-0.2, -0.15) is 0 Å². The van der Waals surface area contributed by atoms with E-state index >= 15 is 0 Å². The molecular formula is C7H15N3O. The Kier molecular flexibility index (Phi) is 3.22. The van der Waals surface area contributed by atoms with Crippen LogP contribution in [0.5, 0.6) is 0 Å². The first-order valence-corrected chi connectivity index (χ1v) is 3.40. The SMILES string of the molecule is CC=C(C)C(N)(N)C(=O)NC. The van der Waals surface area contributed by atoms with Gasteiger partial charge in [-0.05, 0) is 19.4 Å². The van der Waals surface area contributed by atoms with Crippen molar-refractivity contribution in [3.05, 3.63) is 11.6 Å². The predicted molar refractivity (Wildman–Crippen MR) is 44.6 cm³/mol. The Labute approximate surface area is 66.6 Å². The topological polar surface area (TPSA) is 81.1 Å². The van der Waals surface area contributed by atoms with Gasteiger partial charge in [-0.15, -0.1) is 0 Å². The van der Waals surface area contributed by atoms with Gasteiger partial charge in [0.2, 0.25) is 0 Å². The highest BCUT2D eigenvalue weighted by molar-refractivity contribution is 5.88. The molecule has 1 amide bonds. The third-order valence-electron chi connectivity index (χ3n) is 1.69. The Bertz CT molecular complexity index is 184. The van der Waals surface area contributed by atoms with Crippen molar-refractivity contribution in [3.8, 4) is 0 Å². The molecule has 0 aliphatic rings. The summed E-state index contributed by atoms with van der Waals surface area (Å²) in [5.74, 6) is -0.381. The third kappa shape index (κ3) is 2.03. The van der Waals surface area contributed by atoms with E-state index in [1.54, 1.807) is 19.9 Å². The quantitative estimate of drug-likeness (QED) is 0.366. The Morgan fingerprint density at radius 3 is 2.27 bits per heavy atom. The Morgan fingerprint density at radius 2 is 2.00 bits per heavy atom. The van der Waals surface area contributed by atoms with Crippen molar-refractivity contribution in [2.75, 3.05) is 7.05 Å². The van der Waals surface area contributed by atoms with Crippen LogP contribution < -0.4 is 16.8 Å². The molecular weight excluding hydrogens is 142 g/mol. The molecule has 0 heterocycles. The maximum Gasteiger partial charge on any atom is 0.258 e. The van der Waals surface area contributed by atoms with Crippen LogP contribution in [0.15, 0.2) is 11.6 Å². The molecule has 0 spiro atoms. The van der Waals surface area contributed by atoms with E-state index in [0.717, 1.165) is 0 Å². The van der Waals surface area contributed by atoms with Gasteiger partial charge in [0.05, 0.1) is 0 Å². The molecule has 0 rings (SSSR count). The Hall–Kier alpha value is -0.870. The molecule has 0 atom stereocenters. The molecule has 4 heteroatoms. The van der Waals surface area contributed by atoms with Crippen LogP contribution in [0.25, 0.3) is 0 Å². The van der Waals surface area contributed by atoms with Gasteiger partial charge >= 0.3 is 0 Å². The highest BCUT2D eigenvalue weighted by Crippen LogP contribution is 2.05. The number of rotatable bonds is 2. The lowest BCUT2D eigenvalue weighted by Gasteiger charge is -2.22. The van der Waals surface area contributed by atoms with E-state index in [1.807, 2.05) is 0 Å². The summed E-state index contributed by atoms with van der Waals surface area (Å²) in [7, 11) is 1.50. The summed E-state index contributed by atoms with van der Waals surface area (Å²) in [4.78, 5) is 11.0. The molecule has 0 aliphatic carbocycles. The highest BCUT2D eigenvalue weighted by Gasteiger charge is 2.29. The number of allylic oxidation sites excluding steroid dienone is 1. The van der Waals surface area contributed by atoms with Gasteiger partial charge in [-0.25, -0.2) is 0 Å². The summed E-state index contributed by atoms with van der Waals surface area (Å²) in [5.41, 5.74) is 10.3. The molecule has 0 unspecified atom stereocenters. The van der Waals surface area contributed by atoms with Crippen LogP contribution >= 0.6 is 0 Å². The van der Waals surface area contributed by atoms with Crippen LogP contribution in [0.2, 0.25) is 0 Å². The van der Waals surface area contributed by atoms with Gasteiger partial charge in [0.25, 0.3) is 5.91 Å². The minimum Gasteiger partial charge on any atom is -0.356 e. The predicted octanol–water partition coefficient (Wildman–Crippen LogP) is -0.688. The normalized spacial score (nSPS) is 13.0. The molecule has 0 saturated heterocycles. The molecule has 64 valence electrons. The van der Waals surface area contributed by atoms with Gasteiger partial charge in [0.15, 0.2) is 5.66 Å². The van der Waals surface area contributed by atoms with Crippen molar-refractivity contribution in [3.63, 3.8) is 0 Å². The molecule has 5 N–H and O–H groups in total. The van der Waals surface area contributed by atoms with Crippen LogP contribution in [-0.2, 0) is 4.79 Å². The molecule has 0 radical (unpaired) electrons. The van der Waals surface area contributed by atoms with E-state index < -0.39 is 5.66 Å². The summed E-state index contributed by atoms with van der Waals surface area (Å²) in [6.07, 6.45) is 1.72. The van der Waals surface area contributed by atoms with Crippen molar-refractivity contribution in [1.82, 2.24) is 5.32 Å². The van der Waals surface area contributed by atoms with Gasteiger partial charge in [-0.3, -0.25) is 4.79 Å². The van der Waals surface area contributed by atoms with Gasteiger partial charge in [-0.1, -0.05) is 6.08 Å². The second-order valence-electron chi connectivity index (χ2n) is 2.42. The number of hydrogen-bond donors (Lipinski definition) is 3. The highest BCUT2D eigenvalue weighted by atomic mass is 16.2. The first-order chi connectivity index (χ1) is 4.96. The van der Waals surface area contributed by atoms with E-state index in [-0.39, 0.29) is 5.91 Å². The maximum absolute atomic E-state index is 11.0. The number of likely N-dealkylation sites (N-methyl/N-ethyl adjacent to an activating group) is 1. The molecule has 0 aromatic heterocycles. The van der Waals surface area contributed by atoms with Crippen LogP contribution in [0.3, 0.4) is 0 Å². The minimum absolute atomic E-state index is 0.381. The molecule has 0 aromatic carbocycles. The largest absolute Gasteiger partial charge is 0.356 e. The monoisotopic (exact) mass is 157 g/mol. The zero-order valence-electron chi connectivity index (χ0n) is 7.14. The molecule has 11 heavy (non-hydrogen) atoms. The van der Waals surface area contributed by atoms with Crippen molar-refractivity contribution in [2.24, 2.45) is 11.5 Å². The standard InChI is InChI=1S/C7H15N3O/c1-4-5(2)7(8,9)6(11)10-3/h4H,8-9H2,1-3H3,(H,10,11). The third-order valence-corrected chi connectivity index (χ3v) is 1.69. The number of carbonyl (C=O) groups excluding carboxylic acids is 1. The number of carbonyl (C=O) groups is 1. The van der Waals surface area contributed by atoms with E-state index in [2.05, 4.69) is 5.32 Å². The molecule has 0 fully saturated rings. The van der Waals surface area contributed by atoms with E-state index in [1.165, 1.54) is 7.05 Å². The zero-order valence-corrected chi connectivity index (χ0v) is 7.14. The molecule has 0 saturated carbocycles. The van der Waals surface area contributed by atoms with Crippen molar-refractivity contribution >= 4 is 5.91 Å². The molecule has 0 aliphatic heterocycles. The molecule has 0 aromatic rings. The first-order valence-electron chi connectivity index (χ1n) is 3.40. The van der Waals surface area contributed by atoms with Crippen LogP contribution in [0, 0.1) is 0 Å². The van der Waals surface area contributed by atoms with E-state index in [0.29, 0.717) is 5.57 Å². The molecule has 0 bridgehead atoms. The Balaban J connectivity index is 4.58. The van der Waals surface area contributed by atoms with Crippen molar-refractivity contribution < 1.29 is 4.79 Å². The van der Waals surface area contributed by atoms with Crippen LogP contribution in [0.1, 0.15) is 13.8 Å². The van der Waals surface area contributed by atoms with Crippen molar-refractivity contribution in [1.29, 1.82) is 0 Å². The van der Waals surface area contributed by atoms with Gasteiger partial charge in [0, 0.05) is 7.05 Å². The lowest BCUT2D eigenvalue weighted by atomic mass is 10.0. The van der Waals surface area contributed by atoms with E-state index in [4.69, 9.17) is 11.5 Å². The fraction of sp³-hybridized carbons (Fsp3) is 0.571.